The van der Waals surface area contributed by atoms with E-state index in [4.69, 9.17) is 9.63 Å². The predicted molar refractivity (Wildman–Crippen MR) is 53.4 cm³/mol. The zero-order chi connectivity index (χ0) is 10.3. The molecule has 0 aliphatic carbocycles. The summed E-state index contributed by atoms with van der Waals surface area (Å²) >= 11 is 3.16. The molecule has 0 atom stereocenters. The Hall–Kier alpha value is -1.36. The number of hydrogen-bond donors (Lipinski definition) is 1. The molecule has 0 bridgehead atoms. The molecule has 0 radical (unpaired) electrons. The zero-order valence-corrected chi connectivity index (χ0v) is 8.83. The van der Waals surface area contributed by atoms with Crippen LogP contribution in [0.3, 0.4) is 0 Å². The van der Waals surface area contributed by atoms with E-state index in [0.29, 0.717) is 15.7 Å². The zero-order valence-electron chi connectivity index (χ0n) is 7.24. The smallest absolute Gasteiger partial charge is 0.336 e. The lowest BCUT2D eigenvalue weighted by atomic mass is 10.1. The van der Waals surface area contributed by atoms with Crippen LogP contribution in [0.15, 0.2) is 21.1 Å². The molecule has 0 spiro atoms. The van der Waals surface area contributed by atoms with Crippen molar-refractivity contribution in [2.45, 2.75) is 6.92 Å². The van der Waals surface area contributed by atoms with Crippen LogP contribution in [0, 0.1) is 6.92 Å². The Kier molecular flexibility index (Phi) is 2.03. The summed E-state index contributed by atoms with van der Waals surface area (Å²) in [6.45, 7) is 1.77. The molecule has 2 aromatic rings. The number of nitrogens with zero attached hydrogens (tertiary/aromatic N) is 1. The van der Waals surface area contributed by atoms with Crippen LogP contribution in [0.4, 0.5) is 0 Å². The number of rotatable bonds is 1. The van der Waals surface area contributed by atoms with Crippen LogP contribution >= 0.6 is 15.9 Å². The second kappa shape index (κ2) is 3.09. The molecular weight excluding hydrogens is 250 g/mol. The Labute approximate surface area is 87.6 Å². The second-order valence-electron chi connectivity index (χ2n) is 2.90. The third-order valence-corrected chi connectivity index (χ3v) is 2.63. The van der Waals surface area contributed by atoms with Gasteiger partial charge in [-0.05, 0) is 35.0 Å². The van der Waals surface area contributed by atoms with Gasteiger partial charge in [-0.1, -0.05) is 5.16 Å². The van der Waals surface area contributed by atoms with Crippen molar-refractivity contribution in [2.24, 2.45) is 0 Å². The lowest BCUT2D eigenvalue weighted by Gasteiger charge is -1.97. The number of carboxylic acids is 1. The first-order chi connectivity index (χ1) is 6.59. The van der Waals surface area contributed by atoms with E-state index in [9.17, 15) is 4.79 Å². The van der Waals surface area contributed by atoms with Gasteiger partial charge in [0, 0.05) is 9.86 Å². The molecule has 72 valence electrons. The van der Waals surface area contributed by atoms with E-state index in [0.717, 1.165) is 5.39 Å². The number of hydrogen-bond acceptors (Lipinski definition) is 3. The van der Waals surface area contributed by atoms with Crippen LogP contribution in [-0.2, 0) is 0 Å². The van der Waals surface area contributed by atoms with E-state index in [-0.39, 0.29) is 5.56 Å². The Bertz CT molecular complexity index is 518. The second-order valence-corrected chi connectivity index (χ2v) is 3.76. The van der Waals surface area contributed by atoms with E-state index in [1.165, 1.54) is 0 Å². The lowest BCUT2D eigenvalue weighted by molar-refractivity contribution is 0.0696. The van der Waals surface area contributed by atoms with Crippen molar-refractivity contribution in [3.05, 3.63) is 27.9 Å². The average Bonchev–Trinajstić information content (AvgIpc) is 2.46. The number of aromatic carboxylic acids is 1. The van der Waals surface area contributed by atoms with Crippen LogP contribution in [0.2, 0.25) is 0 Å². The van der Waals surface area contributed by atoms with Gasteiger partial charge in [0.2, 0.25) is 0 Å². The summed E-state index contributed by atoms with van der Waals surface area (Å²) in [6, 6.07) is 3.16. The Morgan fingerprint density at radius 3 is 2.93 bits per heavy atom. The summed E-state index contributed by atoms with van der Waals surface area (Å²) in [7, 11) is 0. The van der Waals surface area contributed by atoms with Gasteiger partial charge in [0.05, 0.1) is 11.3 Å². The summed E-state index contributed by atoms with van der Waals surface area (Å²) < 4.78 is 5.49. The van der Waals surface area contributed by atoms with Crippen molar-refractivity contribution < 1.29 is 14.4 Å². The summed E-state index contributed by atoms with van der Waals surface area (Å²) in [5, 5.41) is 13.3. The first kappa shape index (κ1) is 9.21. The number of benzene rings is 1. The average molecular weight is 256 g/mol. The van der Waals surface area contributed by atoms with E-state index in [2.05, 4.69) is 21.1 Å². The highest BCUT2D eigenvalue weighted by atomic mass is 79.9. The van der Waals surface area contributed by atoms with Crippen LogP contribution in [0.25, 0.3) is 11.0 Å². The molecule has 0 saturated heterocycles. The molecule has 0 aliphatic rings. The minimum absolute atomic E-state index is 0.212. The summed E-state index contributed by atoms with van der Waals surface area (Å²) in [5.74, 6) is -0.973. The maximum absolute atomic E-state index is 10.8. The van der Waals surface area contributed by atoms with Gasteiger partial charge in [-0.3, -0.25) is 0 Å². The summed E-state index contributed by atoms with van der Waals surface area (Å²) in [4.78, 5) is 10.8. The van der Waals surface area contributed by atoms with Gasteiger partial charge < -0.3 is 9.63 Å². The molecule has 0 fully saturated rings. The van der Waals surface area contributed by atoms with Crippen molar-refractivity contribution in [1.82, 2.24) is 5.16 Å². The fourth-order valence-corrected chi connectivity index (χ4v) is 1.74. The molecule has 2 rings (SSSR count). The SMILES string of the molecule is Cc1noc2cc(Br)c(C(=O)O)cc12. The highest BCUT2D eigenvalue weighted by molar-refractivity contribution is 9.10. The topological polar surface area (TPSA) is 63.3 Å². The number of halogens is 1. The van der Waals surface area contributed by atoms with Gasteiger partial charge in [-0.15, -0.1) is 0 Å². The highest BCUT2D eigenvalue weighted by Crippen LogP contribution is 2.26. The molecule has 1 aromatic heterocycles. The minimum atomic E-state index is -0.973. The van der Waals surface area contributed by atoms with Crippen molar-refractivity contribution >= 4 is 32.9 Å². The Morgan fingerprint density at radius 2 is 2.29 bits per heavy atom. The minimum Gasteiger partial charge on any atom is -0.478 e. The molecule has 4 nitrogen and oxygen atoms in total. The highest BCUT2D eigenvalue weighted by Gasteiger charge is 2.13. The molecule has 5 heteroatoms. The Morgan fingerprint density at radius 1 is 1.57 bits per heavy atom. The number of aryl methyl sites for hydroxylation is 1. The fraction of sp³-hybridized carbons (Fsp3) is 0.111. The first-order valence-electron chi connectivity index (χ1n) is 3.88. The van der Waals surface area contributed by atoms with Gasteiger partial charge in [-0.25, -0.2) is 4.79 Å². The largest absolute Gasteiger partial charge is 0.478 e. The maximum atomic E-state index is 10.8. The van der Waals surface area contributed by atoms with Crippen LogP contribution in [0.1, 0.15) is 16.1 Å². The van der Waals surface area contributed by atoms with E-state index in [1.54, 1.807) is 19.1 Å². The molecule has 1 N–H and O–H groups in total. The number of carbonyl (C=O) groups is 1. The van der Waals surface area contributed by atoms with Gasteiger partial charge in [0.15, 0.2) is 5.58 Å². The van der Waals surface area contributed by atoms with E-state index < -0.39 is 5.97 Å². The quantitative estimate of drug-likeness (QED) is 0.851. The van der Waals surface area contributed by atoms with Crippen LogP contribution in [-0.4, -0.2) is 16.2 Å². The van der Waals surface area contributed by atoms with Crippen molar-refractivity contribution in [2.75, 3.05) is 0 Å². The van der Waals surface area contributed by atoms with Gasteiger partial charge >= 0.3 is 5.97 Å². The Balaban J connectivity index is 2.80. The van der Waals surface area contributed by atoms with Crippen molar-refractivity contribution in [1.29, 1.82) is 0 Å². The standard InChI is InChI=1S/C9H6BrNO3/c1-4-5-2-6(9(12)13)7(10)3-8(5)14-11-4/h2-3H,1H3,(H,12,13). The summed E-state index contributed by atoms with van der Waals surface area (Å²) in [5.41, 5.74) is 1.48. The molecule has 14 heavy (non-hydrogen) atoms. The molecule has 1 aromatic carbocycles. The third kappa shape index (κ3) is 1.29. The van der Waals surface area contributed by atoms with Gasteiger partial charge in [0.1, 0.15) is 0 Å². The molecule has 0 amide bonds. The molecule has 1 heterocycles. The summed E-state index contributed by atoms with van der Waals surface area (Å²) in [6.07, 6.45) is 0. The molecule has 0 unspecified atom stereocenters. The molecular formula is C9H6BrNO3. The van der Waals surface area contributed by atoms with Crippen molar-refractivity contribution in [3.8, 4) is 0 Å². The van der Waals surface area contributed by atoms with Crippen LogP contribution < -0.4 is 0 Å². The van der Waals surface area contributed by atoms with Gasteiger partial charge in [-0.2, -0.15) is 0 Å². The van der Waals surface area contributed by atoms with Crippen LogP contribution in [0.5, 0.6) is 0 Å². The predicted octanol–water partition coefficient (Wildman–Crippen LogP) is 2.60. The monoisotopic (exact) mass is 255 g/mol. The molecule has 0 saturated carbocycles. The fourth-order valence-electron chi connectivity index (χ4n) is 1.24. The maximum Gasteiger partial charge on any atom is 0.336 e. The molecule has 0 aliphatic heterocycles. The van der Waals surface area contributed by atoms with Gasteiger partial charge in [0.25, 0.3) is 0 Å². The lowest BCUT2D eigenvalue weighted by Crippen LogP contribution is -1.97. The van der Waals surface area contributed by atoms with E-state index >= 15 is 0 Å². The normalized spacial score (nSPS) is 10.7. The first-order valence-corrected chi connectivity index (χ1v) is 4.67. The van der Waals surface area contributed by atoms with E-state index in [1.807, 2.05) is 0 Å². The van der Waals surface area contributed by atoms with Crippen molar-refractivity contribution in [3.63, 3.8) is 0 Å². The number of aromatic nitrogens is 1. The number of fused-ring (bicyclic) bond motifs is 1. The third-order valence-electron chi connectivity index (χ3n) is 1.97. The number of carboxylic acid groups (broad SMARTS) is 1.